The van der Waals surface area contributed by atoms with Crippen LogP contribution in [-0.2, 0) is 9.47 Å². The molecule has 39 heavy (non-hydrogen) atoms. The number of hydrogen-bond donors (Lipinski definition) is 3. The molecule has 2 aromatic rings. The Balaban J connectivity index is 0.000000216. The minimum atomic E-state index is -1.20. The van der Waals surface area contributed by atoms with Gasteiger partial charge >= 0.3 is 5.97 Å². The van der Waals surface area contributed by atoms with E-state index in [1.165, 1.54) is 6.07 Å². The topological polar surface area (TPSA) is 136 Å². The van der Waals surface area contributed by atoms with Crippen molar-refractivity contribution in [2.45, 2.75) is 39.8 Å². The number of aromatic carboxylic acids is 1. The smallest absolute Gasteiger partial charge is 0.339 e. The molecule has 0 bridgehead atoms. The van der Waals surface area contributed by atoms with Crippen LogP contribution in [-0.4, -0.2) is 85.7 Å². The van der Waals surface area contributed by atoms with Crippen molar-refractivity contribution in [1.29, 1.82) is 5.26 Å². The van der Waals surface area contributed by atoms with Crippen molar-refractivity contribution >= 4 is 29.2 Å². The van der Waals surface area contributed by atoms with E-state index in [9.17, 15) is 13.6 Å². The van der Waals surface area contributed by atoms with E-state index in [2.05, 4.69) is 20.6 Å². The van der Waals surface area contributed by atoms with Crippen LogP contribution in [0.4, 0.5) is 32.1 Å². The molecule has 2 saturated heterocycles. The van der Waals surface area contributed by atoms with Crippen molar-refractivity contribution in [3.63, 3.8) is 0 Å². The lowest BCUT2D eigenvalue weighted by atomic mass is 10.2. The number of ether oxygens (including phenoxy) is 2. The molecule has 4 heterocycles. The summed E-state index contributed by atoms with van der Waals surface area (Å²) in [6.45, 7) is 12.1. The van der Waals surface area contributed by atoms with Crippen LogP contribution in [0.5, 0.6) is 0 Å². The second-order valence-corrected chi connectivity index (χ2v) is 9.59. The molecule has 0 saturated carbocycles. The van der Waals surface area contributed by atoms with Crippen molar-refractivity contribution in [3.05, 3.63) is 34.9 Å². The van der Waals surface area contributed by atoms with Gasteiger partial charge in [-0.1, -0.05) is 0 Å². The number of nitrogens with zero attached hydrogens (tertiary/aromatic N) is 5. The number of morpholine rings is 2. The third-order valence-electron chi connectivity index (χ3n) is 5.74. The predicted octanol–water partition coefficient (Wildman–Crippen LogP) is 3.33. The van der Waals surface area contributed by atoms with Gasteiger partial charge in [-0.25, -0.2) is 23.5 Å². The Hall–Kier alpha value is -3.76. The van der Waals surface area contributed by atoms with Crippen LogP contribution in [0.25, 0.3) is 0 Å². The summed E-state index contributed by atoms with van der Waals surface area (Å²) in [4.78, 5) is 23.2. The van der Waals surface area contributed by atoms with Crippen molar-refractivity contribution in [1.82, 2.24) is 9.97 Å². The Labute approximate surface area is 226 Å². The number of hydrogen-bond acceptors (Lipinski definition) is 10. The lowest BCUT2D eigenvalue weighted by Crippen LogP contribution is -2.37. The molecule has 11 nitrogen and oxygen atoms in total. The normalized spacial score (nSPS) is 15.5. The van der Waals surface area contributed by atoms with Crippen molar-refractivity contribution < 1.29 is 28.2 Å². The molecule has 2 aromatic heterocycles. The summed E-state index contributed by atoms with van der Waals surface area (Å²) in [7, 11) is 0. The fraction of sp³-hybridized carbons (Fsp3) is 0.538. The van der Waals surface area contributed by atoms with Gasteiger partial charge in [0.2, 0.25) is 0 Å². The number of carbonyl (C=O) groups is 1. The van der Waals surface area contributed by atoms with Crippen LogP contribution in [0, 0.1) is 23.0 Å². The highest BCUT2D eigenvalue weighted by molar-refractivity contribution is 5.93. The van der Waals surface area contributed by atoms with Gasteiger partial charge in [-0.2, -0.15) is 5.26 Å². The average Bonchev–Trinajstić information content (AvgIpc) is 2.91. The van der Waals surface area contributed by atoms with Crippen LogP contribution in [0.1, 0.15) is 43.6 Å². The first kappa shape index (κ1) is 29.8. The number of carboxylic acid groups (broad SMARTS) is 1. The SMILES string of the molecule is CC(C)Nc1nc(N2CCOCC2)c(F)cc1C#N.CC(C)Nc1nc(N2CCOCC2)c(F)cc1C(=O)O. The van der Waals surface area contributed by atoms with E-state index in [-0.39, 0.29) is 40.7 Å². The van der Waals surface area contributed by atoms with Gasteiger partial charge < -0.3 is 35.0 Å². The summed E-state index contributed by atoms with van der Waals surface area (Å²) in [6, 6.07) is 4.35. The summed E-state index contributed by atoms with van der Waals surface area (Å²) in [5, 5.41) is 24.2. The zero-order valence-electron chi connectivity index (χ0n) is 22.6. The summed E-state index contributed by atoms with van der Waals surface area (Å²) in [6.07, 6.45) is 0. The van der Waals surface area contributed by atoms with Crippen LogP contribution < -0.4 is 20.4 Å². The molecule has 2 fully saturated rings. The van der Waals surface area contributed by atoms with Crippen LogP contribution in [0.3, 0.4) is 0 Å². The third-order valence-corrected chi connectivity index (χ3v) is 5.74. The molecule has 2 aliphatic heterocycles. The predicted molar refractivity (Wildman–Crippen MR) is 144 cm³/mol. The standard InChI is InChI=1S/C13H17FN4O.C13H18FN3O3/c1-9(2)16-12-10(8-15)7-11(14)13(17-12)18-3-5-19-6-4-18;1-8(2)15-11-9(13(18)19)7-10(14)12(16-11)17-3-5-20-6-4-17/h7,9H,3-6H2,1-2H3,(H,16,17);7-8H,3-6H2,1-2H3,(H,15,16)(H,18,19). The van der Waals surface area contributed by atoms with Crippen molar-refractivity contribution in [2.75, 3.05) is 73.0 Å². The molecule has 0 unspecified atom stereocenters. The molecule has 3 N–H and O–H groups in total. The first-order valence-corrected chi connectivity index (χ1v) is 12.8. The summed E-state index contributed by atoms with van der Waals surface area (Å²) >= 11 is 0. The van der Waals surface area contributed by atoms with Gasteiger partial charge in [0.05, 0.1) is 32.0 Å². The van der Waals surface area contributed by atoms with E-state index in [0.29, 0.717) is 58.4 Å². The highest BCUT2D eigenvalue weighted by Gasteiger charge is 2.23. The largest absolute Gasteiger partial charge is 0.478 e. The minimum Gasteiger partial charge on any atom is -0.478 e. The number of pyridine rings is 2. The third kappa shape index (κ3) is 8.11. The van der Waals surface area contributed by atoms with E-state index in [4.69, 9.17) is 19.8 Å². The Morgan fingerprint density at radius 3 is 1.77 bits per heavy atom. The van der Waals surface area contributed by atoms with Gasteiger partial charge in [-0.3, -0.25) is 0 Å². The van der Waals surface area contributed by atoms with Gasteiger partial charge in [-0.05, 0) is 39.8 Å². The minimum absolute atomic E-state index is 0.00333. The number of rotatable bonds is 7. The van der Waals surface area contributed by atoms with E-state index >= 15 is 0 Å². The Kier molecular flexibility index (Phi) is 10.6. The number of nitrogens with one attached hydrogen (secondary N) is 2. The quantitative estimate of drug-likeness (QED) is 0.471. The van der Waals surface area contributed by atoms with Crippen LogP contribution >= 0.6 is 0 Å². The fourth-order valence-electron chi connectivity index (χ4n) is 3.97. The lowest BCUT2D eigenvalue weighted by Gasteiger charge is -2.28. The van der Waals surface area contributed by atoms with Crippen molar-refractivity contribution in [2.24, 2.45) is 0 Å². The number of anilines is 4. The summed E-state index contributed by atoms with van der Waals surface area (Å²) in [5.74, 6) is -1.22. The number of halogens is 2. The van der Waals surface area contributed by atoms with Gasteiger partial charge in [0.25, 0.3) is 0 Å². The van der Waals surface area contributed by atoms with E-state index in [0.717, 1.165) is 6.07 Å². The Morgan fingerprint density at radius 2 is 1.33 bits per heavy atom. The maximum absolute atomic E-state index is 14.1. The zero-order chi connectivity index (χ0) is 28.5. The maximum Gasteiger partial charge on any atom is 0.339 e. The zero-order valence-corrected chi connectivity index (χ0v) is 22.6. The first-order chi connectivity index (χ1) is 18.6. The van der Waals surface area contributed by atoms with Crippen molar-refractivity contribution in [3.8, 4) is 6.07 Å². The molecule has 13 heteroatoms. The molecular formula is C26H35F2N7O4. The second kappa shape index (κ2) is 13.9. The molecule has 0 aromatic carbocycles. The van der Waals surface area contributed by atoms with E-state index in [1.807, 2.05) is 38.7 Å². The molecule has 0 atom stereocenters. The van der Waals surface area contributed by atoms with E-state index in [1.54, 1.807) is 4.90 Å². The number of aromatic nitrogens is 2. The molecule has 4 rings (SSSR count). The Bertz CT molecular complexity index is 1180. The van der Waals surface area contributed by atoms with Gasteiger partial charge in [0.15, 0.2) is 23.3 Å². The first-order valence-electron chi connectivity index (χ1n) is 12.8. The molecule has 0 spiro atoms. The fourth-order valence-corrected chi connectivity index (χ4v) is 3.97. The monoisotopic (exact) mass is 547 g/mol. The molecule has 212 valence electrons. The molecule has 0 aliphatic carbocycles. The Morgan fingerprint density at radius 1 is 0.897 bits per heavy atom. The number of nitriles is 1. The van der Waals surface area contributed by atoms with Gasteiger partial charge in [0.1, 0.15) is 23.3 Å². The highest BCUT2D eigenvalue weighted by atomic mass is 19.1. The molecule has 0 radical (unpaired) electrons. The molecule has 0 amide bonds. The van der Waals surface area contributed by atoms with E-state index < -0.39 is 17.6 Å². The number of carboxylic acids is 1. The van der Waals surface area contributed by atoms with Gasteiger partial charge in [0, 0.05) is 38.3 Å². The maximum atomic E-state index is 14.1. The van der Waals surface area contributed by atoms with Crippen LogP contribution in [0.15, 0.2) is 12.1 Å². The van der Waals surface area contributed by atoms with Crippen LogP contribution in [0.2, 0.25) is 0 Å². The van der Waals surface area contributed by atoms with Gasteiger partial charge in [-0.15, -0.1) is 0 Å². The highest BCUT2D eigenvalue weighted by Crippen LogP contribution is 2.25. The summed E-state index contributed by atoms with van der Waals surface area (Å²) < 4.78 is 38.5. The second-order valence-electron chi connectivity index (χ2n) is 9.59. The summed E-state index contributed by atoms with van der Waals surface area (Å²) in [5.41, 5.74) is 0.0661. The molecular weight excluding hydrogens is 512 g/mol. The molecule has 2 aliphatic rings. The lowest BCUT2D eigenvalue weighted by molar-refractivity contribution is 0.0697. The average molecular weight is 548 g/mol.